The fraction of sp³-hybridized carbons (Fsp3) is 1.00. The van der Waals surface area contributed by atoms with Gasteiger partial charge in [-0.05, 0) is 45.1 Å². The van der Waals surface area contributed by atoms with Crippen molar-refractivity contribution in [3.63, 3.8) is 0 Å². The molecule has 2 saturated heterocycles. The molecular formula is C12H22N2. The molecule has 1 saturated carbocycles. The Labute approximate surface area is 87.3 Å². The van der Waals surface area contributed by atoms with Gasteiger partial charge in [0, 0.05) is 31.7 Å². The lowest BCUT2D eigenvalue weighted by Gasteiger charge is -2.40. The van der Waals surface area contributed by atoms with Crippen molar-refractivity contribution in [2.45, 2.75) is 44.7 Å². The highest BCUT2D eigenvalue weighted by molar-refractivity contribution is 4.92. The standard InChI is InChI=1S/C12H22N2/c1-10(11-4-5-11)14-8-7-13-6-2-3-12(13)9-14/h10-12H,2-9H2,1H3. The van der Waals surface area contributed by atoms with Crippen LogP contribution in [-0.4, -0.2) is 48.1 Å². The number of rotatable bonds is 2. The molecule has 14 heavy (non-hydrogen) atoms. The molecule has 3 aliphatic rings. The minimum absolute atomic E-state index is 0.873. The molecule has 0 N–H and O–H groups in total. The Bertz CT molecular complexity index is 212. The van der Waals surface area contributed by atoms with Gasteiger partial charge in [0.15, 0.2) is 0 Å². The van der Waals surface area contributed by atoms with Crippen LogP contribution < -0.4 is 0 Å². The van der Waals surface area contributed by atoms with Crippen molar-refractivity contribution >= 4 is 0 Å². The lowest BCUT2D eigenvalue weighted by molar-refractivity contribution is 0.0699. The molecule has 2 heterocycles. The summed E-state index contributed by atoms with van der Waals surface area (Å²) in [6, 6.07) is 1.78. The van der Waals surface area contributed by atoms with E-state index in [1.165, 1.54) is 51.9 Å². The summed E-state index contributed by atoms with van der Waals surface area (Å²) >= 11 is 0. The first-order valence-electron chi connectivity index (χ1n) is 6.32. The van der Waals surface area contributed by atoms with Crippen LogP contribution >= 0.6 is 0 Å². The van der Waals surface area contributed by atoms with Crippen molar-refractivity contribution in [2.75, 3.05) is 26.2 Å². The fourth-order valence-corrected chi connectivity index (χ4v) is 3.26. The molecule has 0 radical (unpaired) electrons. The van der Waals surface area contributed by atoms with Gasteiger partial charge in [-0.15, -0.1) is 0 Å². The number of hydrogen-bond acceptors (Lipinski definition) is 2. The summed E-state index contributed by atoms with van der Waals surface area (Å²) in [6.45, 7) is 7.84. The van der Waals surface area contributed by atoms with Gasteiger partial charge in [-0.2, -0.15) is 0 Å². The Kier molecular flexibility index (Phi) is 2.29. The number of piperazine rings is 1. The van der Waals surface area contributed by atoms with Gasteiger partial charge in [-0.25, -0.2) is 0 Å². The molecule has 2 unspecified atom stereocenters. The molecule has 0 amide bonds. The highest BCUT2D eigenvalue weighted by Gasteiger charge is 2.37. The third-order valence-electron chi connectivity index (χ3n) is 4.50. The Morgan fingerprint density at radius 1 is 1.07 bits per heavy atom. The smallest absolute Gasteiger partial charge is 0.0224 e. The predicted octanol–water partition coefficient (Wildman–Crippen LogP) is 1.56. The van der Waals surface area contributed by atoms with E-state index in [1.807, 2.05) is 0 Å². The second-order valence-corrected chi connectivity index (χ2v) is 5.40. The maximum absolute atomic E-state index is 2.75. The van der Waals surface area contributed by atoms with Crippen LogP contribution in [0, 0.1) is 5.92 Å². The molecular weight excluding hydrogens is 172 g/mol. The van der Waals surface area contributed by atoms with E-state index in [1.54, 1.807) is 0 Å². The van der Waals surface area contributed by atoms with Crippen molar-refractivity contribution in [2.24, 2.45) is 5.92 Å². The molecule has 2 nitrogen and oxygen atoms in total. The molecule has 0 spiro atoms. The van der Waals surface area contributed by atoms with Crippen molar-refractivity contribution in [1.29, 1.82) is 0 Å². The van der Waals surface area contributed by atoms with Crippen LogP contribution in [0.15, 0.2) is 0 Å². The average molecular weight is 194 g/mol. The van der Waals surface area contributed by atoms with Gasteiger partial charge in [-0.3, -0.25) is 9.80 Å². The van der Waals surface area contributed by atoms with Gasteiger partial charge in [0.05, 0.1) is 0 Å². The van der Waals surface area contributed by atoms with Gasteiger partial charge in [0.2, 0.25) is 0 Å². The first kappa shape index (κ1) is 9.17. The summed E-state index contributed by atoms with van der Waals surface area (Å²) in [5.41, 5.74) is 0. The van der Waals surface area contributed by atoms with E-state index in [2.05, 4.69) is 16.7 Å². The number of fused-ring (bicyclic) bond motifs is 1. The molecule has 3 rings (SSSR count). The van der Waals surface area contributed by atoms with Crippen LogP contribution in [0.2, 0.25) is 0 Å². The molecule has 80 valence electrons. The van der Waals surface area contributed by atoms with E-state index in [0.717, 1.165) is 18.0 Å². The molecule has 3 fully saturated rings. The highest BCUT2D eigenvalue weighted by Crippen LogP contribution is 2.36. The monoisotopic (exact) mass is 194 g/mol. The third kappa shape index (κ3) is 1.59. The summed E-state index contributed by atoms with van der Waals surface area (Å²) in [5.74, 6) is 1.04. The summed E-state index contributed by atoms with van der Waals surface area (Å²) < 4.78 is 0. The van der Waals surface area contributed by atoms with Gasteiger partial charge in [0.25, 0.3) is 0 Å². The van der Waals surface area contributed by atoms with E-state index in [9.17, 15) is 0 Å². The molecule has 0 aromatic carbocycles. The quantitative estimate of drug-likeness (QED) is 0.658. The fourth-order valence-electron chi connectivity index (χ4n) is 3.26. The Hall–Kier alpha value is -0.0800. The molecule has 0 aromatic rings. The maximum atomic E-state index is 2.75. The SMILES string of the molecule is CC(C1CC1)N1CCN2CCCC2C1. The lowest BCUT2D eigenvalue weighted by atomic mass is 10.1. The molecule has 2 atom stereocenters. The predicted molar refractivity (Wildman–Crippen MR) is 58.4 cm³/mol. The molecule has 0 aromatic heterocycles. The first-order chi connectivity index (χ1) is 6.84. The van der Waals surface area contributed by atoms with Crippen LogP contribution in [0.3, 0.4) is 0 Å². The normalized spacial score (nSPS) is 37.1. The van der Waals surface area contributed by atoms with E-state index in [-0.39, 0.29) is 0 Å². The van der Waals surface area contributed by atoms with Gasteiger partial charge >= 0.3 is 0 Å². The summed E-state index contributed by atoms with van der Waals surface area (Å²) in [4.78, 5) is 5.46. The second-order valence-electron chi connectivity index (χ2n) is 5.40. The van der Waals surface area contributed by atoms with E-state index in [4.69, 9.17) is 0 Å². The van der Waals surface area contributed by atoms with Crippen LogP contribution in [0.25, 0.3) is 0 Å². The van der Waals surface area contributed by atoms with Crippen LogP contribution in [0.4, 0.5) is 0 Å². The Morgan fingerprint density at radius 3 is 2.71 bits per heavy atom. The maximum Gasteiger partial charge on any atom is 0.0224 e. The van der Waals surface area contributed by atoms with E-state index in [0.29, 0.717) is 0 Å². The van der Waals surface area contributed by atoms with Gasteiger partial charge in [-0.1, -0.05) is 0 Å². The minimum atomic E-state index is 0.873. The molecule has 2 heteroatoms. The average Bonchev–Trinajstić information content (AvgIpc) is 2.95. The topological polar surface area (TPSA) is 6.48 Å². The Balaban J connectivity index is 1.60. The van der Waals surface area contributed by atoms with Crippen molar-refractivity contribution in [3.8, 4) is 0 Å². The zero-order chi connectivity index (χ0) is 9.54. The van der Waals surface area contributed by atoms with Gasteiger partial charge < -0.3 is 0 Å². The van der Waals surface area contributed by atoms with E-state index >= 15 is 0 Å². The van der Waals surface area contributed by atoms with Crippen molar-refractivity contribution in [3.05, 3.63) is 0 Å². The van der Waals surface area contributed by atoms with Crippen LogP contribution in [0.1, 0.15) is 32.6 Å². The van der Waals surface area contributed by atoms with Crippen LogP contribution in [-0.2, 0) is 0 Å². The Morgan fingerprint density at radius 2 is 1.93 bits per heavy atom. The van der Waals surface area contributed by atoms with E-state index < -0.39 is 0 Å². The van der Waals surface area contributed by atoms with Crippen LogP contribution in [0.5, 0.6) is 0 Å². The second kappa shape index (κ2) is 3.49. The van der Waals surface area contributed by atoms with Crippen molar-refractivity contribution < 1.29 is 0 Å². The number of nitrogens with zero attached hydrogens (tertiary/aromatic N) is 2. The number of hydrogen-bond donors (Lipinski definition) is 0. The molecule has 1 aliphatic carbocycles. The van der Waals surface area contributed by atoms with Gasteiger partial charge in [0.1, 0.15) is 0 Å². The zero-order valence-corrected chi connectivity index (χ0v) is 9.28. The third-order valence-corrected chi connectivity index (χ3v) is 4.50. The lowest BCUT2D eigenvalue weighted by Crippen LogP contribution is -2.53. The first-order valence-corrected chi connectivity index (χ1v) is 6.32. The largest absolute Gasteiger partial charge is 0.298 e. The zero-order valence-electron chi connectivity index (χ0n) is 9.28. The highest BCUT2D eigenvalue weighted by atomic mass is 15.3. The summed E-state index contributed by atoms with van der Waals surface area (Å²) in [5, 5.41) is 0. The van der Waals surface area contributed by atoms with Crippen molar-refractivity contribution in [1.82, 2.24) is 9.80 Å². The molecule has 0 bridgehead atoms. The molecule has 2 aliphatic heterocycles. The minimum Gasteiger partial charge on any atom is -0.298 e. The summed E-state index contributed by atoms with van der Waals surface area (Å²) in [7, 11) is 0. The summed E-state index contributed by atoms with van der Waals surface area (Å²) in [6.07, 6.45) is 5.88.